The maximum absolute atomic E-state index is 5.51. The third-order valence-electron chi connectivity index (χ3n) is 2.16. The molecule has 0 fully saturated rings. The molecule has 0 aliphatic rings. The maximum Gasteiger partial charge on any atom is 0.231 e. The van der Waals surface area contributed by atoms with Crippen molar-refractivity contribution in [3.05, 3.63) is 30.4 Å². The Balaban J connectivity index is 2.28. The highest BCUT2D eigenvalue weighted by Gasteiger charge is 2.13. The van der Waals surface area contributed by atoms with Crippen LogP contribution >= 0.6 is 0 Å². The molecule has 0 radical (unpaired) electrons. The minimum absolute atomic E-state index is 0.0908. The molecule has 2 N–H and O–H groups in total. The van der Waals surface area contributed by atoms with Gasteiger partial charge in [-0.3, -0.25) is 4.98 Å². The van der Waals surface area contributed by atoms with Gasteiger partial charge in [-0.2, -0.15) is 4.98 Å². The van der Waals surface area contributed by atoms with Crippen LogP contribution in [0.5, 0.6) is 0 Å². The number of hydrogen-bond acceptors (Lipinski definition) is 5. The van der Waals surface area contributed by atoms with Crippen LogP contribution in [-0.4, -0.2) is 21.7 Å². The average Bonchev–Trinajstić information content (AvgIpc) is 2.78. The first kappa shape index (κ1) is 9.79. The van der Waals surface area contributed by atoms with E-state index >= 15 is 0 Å². The van der Waals surface area contributed by atoms with Crippen molar-refractivity contribution < 1.29 is 4.52 Å². The van der Waals surface area contributed by atoms with E-state index < -0.39 is 0 Å². The van der Waals surface area contributed by atoms with Crippen molar-refractivity contribution in [1.82, 2.24) is 15.1 Å². The average molecular weight is 204 g/mol. The first-order chi connectivity index (χ1) is 7.31. The predicted octanol–water partition coefficient (Wildman–Crippen LogP) is 1.19. The number of nitrogens with two attached hydrogens (primary N) is 1. The molecule has 5 heteroatoms. The molecule has 2 rings (SSSR count). The van der Waals surface area contributed by atoms with E-state index in [2.05, 4.69) is 15.1 Å². The lowest BCUT2D eigenvalue weighted by molar-refractivity contribution is 0.361. The van der Waals surface area contributed by atoms with Crippen molar-refractivity contribution in [2.45, 2.75) is 12.8 Å². The monoisotopic (exact) mass is 204 g/mol. The van der Waals surface area contributed by atoms with E-state index in [0.29, 0.717) is 18.3 Å². The molecule has 5 nitrogen and oxygen atoms in total. The summed E-state index contributed by atoms with van der Waals surface area (Å²) in [6.07, 6.45) is 3.38. The van der Waals surface area contributed by atoms with Gasteiger partial charge in [-0.25, -0.2) is 0 Å². The highest BCUT2D eigenvalue weighted by atomic mass is 16.5. The largest absolute Gasteiger partial charge is 0.339 e. The van der Waals surface area contributed by atoms with E-state index in [0.717, 1.165) is 5.56 Å². The zero-order chi connectivity index (χ0) is 10.7. The normalized spacial score (nSPS) is 12.7. The third kappa shape index (κ3) is 2.02. The summed E-state index contributed by atoms with van der Waals surface area (Å²) in [6, 6.07) is 3.67. The molecular weight excluding hydrogens is 192 g/mol. The Morgan fingerprint density at radius 2 is 2.13 bits per heavy atom. The zero-order valence-electron chi connectivity index (χ0n) is 8.42. The van der Waals surface area contributed by atoms with Crippen molar-refractivity contribution in [2.24, 2.45) is 5.73 Å². The molecule has 15 heavy (non-hydrogen) atoms. The Morgan fingerprint density at radius 1 is 1.40 bits per heavy atom. The summed E-state index contributed by atoms with van der Waals surface area (Å²) in [7, 11) is 0. The van der Waals surface area contributed by atoms with Crippen LogP contribution < -0.4 is 5.73 Å². The summed E-state index contributed by atoms with van der Waals surface area (Å²) in [4.78, 5) is 8.19. The van der Waals surface area contributed by atoms with Crippen molar-refractivity contribution in [3.63, 3.8) is 0 Å². The van der Waals surface area contributed by atoms with Crippen molar-refractivity contribution in [2.75, 3.05) is 6.54 Å². The molecule has 0 bridgehead atoms. The molecule has 0 aromatic carbocycles. The number of hydrogen-bond donors (Lipinski definition) is 1. The van der Waals surface area contributed by atoms with Crippen molar-refractivity contribution >= 4 is 0 Å². The Bertz CT molecular complexity index is 426. The molecular formula is C10H12N4O. The highest BCUT2D eigenvalue weighted by molar-refractivity contribution is 5.52. The number of aromatic nitrogens is 3. The zero-order valence-corrected chi connectivity index (χ0v) is 8.42. The summed E-state index contributed by atoms with van der Waals surface area (Å²) in [5.74, 6) is 1.24. The summed E-state index contributed by atoms with van der Waals surface area (Å²) >= 11 is 0. The second-order valence-corrected chi connectivity index (χ2v) is 3.33. The fourth-order valence-electron chi connectivity index (χ4n) is 1.15. The number of pyridine rings is 1. The topological polar surface area (TPSA) is 77.8 Å². The third-order valence-corrected chi connectivity index (χ3v) is 2.16. The molecule has 1 atom stereocenters. The van der Waals surface area contributed by atoms with Gasteiger partial charge in [-0.1, -0.05) is 12.1 Å². The van der Waals surface area contributed by atoms with Gasteiger partial charge in [0.05, 0.1) is 0 Å². The van der Waals surface area contributed by atoms with Gasteiger partial charge in [-0.15, -0.1) is 0 Å². The lowest BCUT2D eigenvalue weighted by Crippen LogP contribution is -2.08. The van der Waals surface area contributed by atoms with Crippen LogP contribution in [-0.2, 0) is 0 Å². The quantitative estimate of drug-likeness (QED) is 0.812. The molecule has 2 aromatic rings. The molecule has 2 aromatic heterocycles. The van der Waals surface area contributed by atoms with Crippen LogP contribution in [0.1, 0.15) is 18.7 Å². The van der Waals surface area contributed by atoms with Crippen LogP contribution in [0.3, 0.4) is 0 Å². The summed E-state index contributed by atoms with van der Waals surface area (Å²) in [5.41, 5.74) is 6.41. The second kappa shape index (κ2) is 4.18. The molecule has 2 heterocycles. The minimum Gasteiger partial charge on any atom is -0.339 e. The van der Waals surface area contributed by atoms with Crippen molar-refractivity contribution in [1.29, 1.82) is 0 Å². The Morgan fingerprint density at radius 3 is 2.80 bits per heavy atom. The minimum atomic E-state index is 0.0908. The molecule has 1 unspecified atom stereocenters. The highest BCUT2D eigenvalue weighted by Crippen LogP contribution is 2.17. The Labute approximate surface area is 87.3 Å². The molecule has 0 saturated carbocycles. The van der Waals surface area contributed by atoms with E-state index in [9.17, 15) is 0 Å². The summed E-state index contributed by atoms with van der Waals surface area (Å²) in [5, 5.41) is 3.89. The lowest BCUT2D eigenvalue weighted by atomic mass is 10.2. The lowest BCUT2D eigenvalue weighted by Gasteiger charge is -1.98. The van der Waals surface area contributed by atoms with Crippen LogP contribution in [0, 0.1) is 0 Å². The maximum atomic E-state index is 5.51. The van der Waals surface area contributed by atoms with Crippen LogP contribution in [0.15, 0.2) is 29.0 Å². The van der Waals surface area contributed by atoms with E-state index in [4.69, 9.17) is 10.3 Å². The molecule has 78 valence electrons. The summed E-state index contributed by atoms with van der Waals surface area (Å²) < 4.78 is 5.11. The standard InChI is InChI=1S/C10H12N4O/c1-7(6-11)10-13-9(14-15-10)8-2-4-12-5-3-8/h2-5,7H,6,11H2,1H3. The van der Waals surface area contributed by atoms with Gasteiger partial charge in [-0.05, 0) is 12.1 Å². The van der Waals surface area contributed by atoms with Gasteiger partial charge in [0, 0.05) is 30.4 Å². The first-order valence-corrected chi connectivity index (χ1v) is 4.75. The Kier molecular flexibility index (Phi) is 2.73. The van der Waals surface area contributed by atoms with E-state index in [1.165, 1.54) is 0 Å². The second-order valence-electron chi connectivity index (χ2n) is 3.33. The molecule has 0 amide bonds. The van der Waals surface area contributed by atoms with Crippen molar-refractivity contribution in [3.8, 4) is 11.4 Å². The van der Waals surface area contributed by atoms with Gasteiger partial charge in [0.25, 0.3) is 0 Å². The molecule has 0 aliphatic carbocycles. The van der Waals surface area contributed by atoms with Crippen LogP contribution in [0.4, 0.5) is 0 Å². The molecule has 0 aliphatic heterocycles. The molecule has 0 spiro atoms. The van der Waals surface area contributed by atoms with Gasteiger partial charge < -0.3 is 10.3 Å². The molecule has 0 saturated heterocycles. The first-order valence-electron chi connectivity index (χ1n) is 4.75. The van der Waals surface area contributed by atoms with Gasteiger partial charge in [0.1, 0.15) is 0 Å². The van der Waals surface area contributed by atoms with Crippen LogP contribution in [0.25, 0.3) is 11.4 Å². The summed E-state index contributed by atoms with van der Waals surface area (Å²) in [6.45, 7) is 2.45. The van der Waals surface area contributed by atoms with Crippen LogP contribution in [0.2, 0.25) is 0 Å². The predicted molar refractivity (Wildman–Crippen MR) is 55.0 cm³/mol. The van der Waals surface area contributed by atoms with Gasteiger partial charge >= 0.3 is 0 Å². The van der Waals surface area contributed by atoms with E-state index in [-0.39, 0.29) is 5.92 Å². The smallest absolute Gasteiger partial charge is 0.231 e. The fourth-order valence-corrected chi connectivity index (χ4v) is 1.15. The Hall–Kier alpha value is -1.75. The fraction of sp³-hybridized carbons (Fsp3) is 0.300. The number of nitrogens with zero attached hydrogens (tertiary/aromatic N) is 3. The van der Waals surface area contributed by atoms with E-state index in [1.807, 2.05) is 19.1 Å². The SMILES string of the molecule is CC(CN)c1nc(-c2ccncc2)no1. The van der Waals surface area contributed by atoms with Gasteiger partial charge in [0.2, 0.25) is 11.7 Å². The van der Waals surface area contributed by atoms with Gasteiger partial charge in [0.15, 0.2) is 0 Å². The number of rotatable bonds is 3. The van der Waals surface area contributed by atoms with E-state index in [1.54, 1.807) is 12.4 Å².